The van der Waals surface area contributed by atoms with Crippen molar-refractivity contribution in [3.05, 3.63) is 11.8 Å². The molecule has 2 saturated carbocycles. The lowest BCUT2D eigenvalue weighted by Crippen LogP contribution is -2.43. The Hall–Kier alpha value is -0.720. The lowest BCUT2D eigenvalue weighted by Gasteiger charge is -2.47. The van der Waals surface area contributed by atoms with Crippen LogP contribution < -0.4 is 0 Å². The Labute approximate surface area is 129 Å². The fraction of sp³-hybridized carbons (Fsp3) is 0.867. The lowest BCUT2D eigenvalue weighted by molar-refractivity contribution is -0.0549. The second-order valence-corrected chi connectivity index (χ2v) is 9.04. The van der Waals surface area contributed by atoms with Gasteiger partial charge in [0, 0.05) is 5.41 Å². The van der Waals surface area contributed by atoms with Gasteiger partial charge in [0.25, 0.3) is 0 Å². The molecule has 0 aromatic carbocycles. The summed E-state index contributed by atoms with van der Waals surface area (Å²) >= 11 is 0. The SMILES string of the molecule is C[C@@H]1CC[C@@]2(C)C(OS(=O)(=O)C(F)(F)F)=C[C@]3(C)CCC[C@]123. The summed E-state index contributed by atoms with van der Waals surface area (Å²) in [6, 6.07) is 0. The van der Waals surface area contributed by atoms with Gasteiger partial charge in [0.05, 0.1) is 0 Å². The average Bonchev–Trinajstić information content (AvgIpc) is 2.88. The minimum absolute atomic E-state index is 0.0105. The summed E-state index contributed by atoms with van der Waals surface area (Å²) in [5, 5.41) is 0. The molecule has 0 amide bonds. The minimum Gasteiger partial charge on any atom is -0.380 e. The molecular formula is C15H21F3O3S. The molecule has 4 atom stereocenters. The molecule has 1 spiro atoms. The molecule has 126 valence electrons. The molecule has 0 radical (unpaired) electrons. The van der Waals surface area contributed by atoms with E-state index >= 15 is 0 Å². The van der Waals surface area contributed by atoms with Crippen molar-refractivity contribution >= 4 is 10.1 Å². The highest BCUT2D eigenvalue weighted by molar-refractivity contribution is 7.87. The smallest absolute Gasteiger partial charge is 0.380 e. The van der Waals surface area contributed by atoms with Gasteiger partial charge in [-0.15, -0.1) is 0 Å². The van der Waals surface area contributed by atoms with Gasteiger partial charge in [0.15, 0.2) is 0 Å². The molecule has 3 aliphatic carbocycles. The second-order valence-electron chi connectivity index (χ2n) is 7.51. The highest BCUT2D eigenvalue weighted by atomic mass is 32.2. The predicted octanol–water partition coefficient (Wildman–Crippen LogP) is 4.36. The van der Waals surface area contributed by atoms with Crippen LogP contribution in [0.15, 0.2) is 11.8 Å². The summed E-state index contributed by atoms with van der Waals surface area (Å²) in [4.78, 5) is 0. The summed E-state index contributed by atoms with van der Waals surface area (Å²) < 4.78 is 65.6. The van der Waals surface area contributed by atoms with E-state index in [4.69, 9.17) is 0 Å². The third-order valence-corrected chi connectivity index (χ3v) is 7.63. The quantitative estimate of drug-likeness (QED) is 0.555. The number of halogens is 3. The largest absolute Gasteiger partial charge is 0.534 e. The van der Waals surface area contributed by atoms with Gasteiger partial charge in [0.1, 0.15) is 5.76 Å². The molecule has 0 aliphatic heterocycles. The molecule has 3 rings (SSSR count). The molecule has 0 heterocycles. The van der Waals surface area contributed by atoms with Crippen LogP contribution in [-0.4, -0.2) is 13.9 Å². The van der Waals surface area contributed by atoms with E-state index in [2.05, 4.69) is 11.1 Å². The Morgan fingerprint density at radius 1 is 1.23 bits per heavy atom. The van der Waals surface area contributed by atoms with Crippen LogP contribution in [0.3, 0.4) is 0 Å². The van der Waals surface area contributed by atoms with Gasteiger partial charge >= 0.3 is 15.6 Å². The molecule has 0 aromatic heterocycles. The van der Waals surface area contributed by atoms with Crippen LogP contribution in [-0.2, 0) is 14.3 Å². The average molecular weight is 338 g/mol. The van der Waals surface area contributed by atoms with E-state index in [9.17, 15) is 21.6 Å². The maximum atomic E-state index is 12.7. The van der Waals surface area contributed by atoms with Gasteiger partial charge in [-0.25, -0.2) is 0 Å². The molecule has 22 heavy (non-hydrogen) atoms. The molecule has 0 N–H and O–H groups in total. The van der Waals surface area contributed by atoms with Crippen LogP contribution in [0.5, 0.6) is 0 Å². The topological polar surface area (TPSA) is 43.4 Å². The van der Waals surface area contributed by atoms with Gasteiger partial charge in [-0.2, -0.15) is 21.6 Å². The molecule has 0 bridgehead atoms. The van der Waals surface area contributed by atoms with Crippen LogP contribution in [0.1, 0.15) is 52.9 Å². The summed E-state index contributed by atoms with van der Waals surface area (Å²) in [6.45, 7) is 6.05. The van der Waals surface area contributed by atoms with Crippen molar-refractivity contribution in [3.8, 4) is 0 Å². The maximum Gasteiger partial charge on any atom is 0.534 e. The van der Waals surface area contributed by atoms with E-state index in [-0.39, 0.29) is 16.6 Å². The first-order valence-corrected chi connectivity index (χ1v) is 9.05. The van der Waals surface area contributed by atoms with Gasteiger partial charge in [-0.05, 0) is 48.5 Å². The van der Waals surface area contributed by atoms with Crippen molar-refractivity contribution in [2.45, 2.75) is 58.4 Å². The number of hydrogen-bond donors (Lipinski definition) is 0. The number of allylic oxidation sites excluding steroid dienone is 2. The molecule has 0 aromatic rings. The molecular weight excluding hydrogens is 317 g/mol. The van der Waals surface area contributed by atoms with Crippen LogP contribution in [0, 0.1) is 22.2 Å². The first-order chi connectivity index (χ1) is 9.90. The Morgan fingerprint density at radius 3 is 2.45 bits per heavy atom. The third-order valence-electron chi connectivity index (χ3n) is 6.67. The van der Waals surface area contributed by atoms with Crippen molar-refractivity contribution in [1.82, 2.24) is 0 Å². The van der Waals surface area contributed by atoms with Gasteiger partial charge in [-0.3, -0.25) is 0 Å². The summed E-state index contributed by atoms with van der Waals surface area (Å²) in [6.07, 6.45) is 6.04. The van der Waals surface area contributed by atoms with Crippen LogP contribution >= 0.6 is 0 Å². The van der Waals surface area contributed by atoms with E-state index in [1.165, 1.54) is 0 Å². The number of alkyl halides is 3. The Bertz CT molecular complexity index is 639. The van der Waals surface area contributed by atoms with Crippen LogP contribution in [0.4, 0.5) is 13.2 Å². The normalized spacial score (nSPS) is 44.6. The van der Waals surface area contributed by atoms with Crippen molar-refractivity contribution in [1.29, 1.82) is 0 Å². The van der Waals surface area contributed by atoms with Gasteiger partial charge in [-0.1, -0.05) is 27.2 Å². The molecule has 0 unspecified atom stereocenters. The predicted molar refractivity (Wildman–Crippen MR) is 75.0 cm³/mol. The van der Waals surface area contributed by atoms with E-state index in [1.807, 2.05) is 13.8 Å². The number of hydrogen-bond acceptors (Lipinski definition) is 3. The Balaban J connectivity index is 2.07. The molecule has 7 heteroatoms. The highest BCUT2D eigenvalue weighted by Crippen LogP contribution is 2.77. The zero-order valence-corrected chi connectivity index (χ0v) is 13.8. The zero-order valence-electron chi connectivity index (χ0n) is 13.0. The van der Waals surface area contributed by atoms with E-state index in [0.717, 1.165) is 25.7 Å². The lowest BCUT2D eigenvalue weighted by atomic mass is 9.56. The van der Waals surface area contributed by atoms with Crippen molar-refractivity contribution in [2.24, 2.45) is 22.2 Å². The fourth-order valence-corrected chi connectivity index (χ4v) is 6.31. The van der Waals surface area contributed by atoms with Gasteiger partial charge < -0.3 is 4.18 Å². The summed E-state index contributed by atoms with van der Waals surface area (Å²) in [7, 11) is -5.60. The Kier molecular flexibility index (Phi) is 3.10. The maximum absolute atomic E-state index is 12.7. The van der Waals surface area contributed by atoms with E-state index in [1.54, 1.807) is 6.08 Å². The van der Waals surface area contributed by atoms with Crippen LogP contribution in [0.2, 0.25) is 0 Å². The van der Waals surface area contributed by atoms with E-state index in [0.29, 0.717) is 12.3 Å². The fourth-order valence-electron chi connectivity index (χ4n) is 5.75. The Morgan fingerprint density at radius 2 is 1.86 bits per heavy atom. The number of rotatable bonds is 2. The van der Waals surface area contributed by atoms with Crippen molar-refractivity contribution < 1.29 is 25.8 Å². The third kappa shape index (κ3) is 1.66. The molecule has 2 fully saturated rings. The molecule has 0 saturated heterocycles. The highest BCUT2D eigenvalue weighted by Gasteiger charge is 2.71. The van der Waals surface area contributed by atoms with Crippen molar-refractivity contribution in [3.63, 3.8) is 0 Å². The van der Waals surface area contributed by atoms with E-state index < -0.39 is 21.0 Å². The summed E-state index contributed by atoms with van der Waals surface area (Å²) in [5.74, 6) is 0.354. The van der Waals surface area contributed by atoms with Crippen LogP contribution in [0.25, 0.3) is 0 Å². The minimum atomic E-state index is -5.60. The first-order valence-electron chi connectivity index (χ1n) is 7.64. The molecule has 3 nitrogen and oxygen atoms in total. The van der Waals surface area contributed by atoms with Gasteiger partial charge in [0.2, 0.25) is 0 Å². The zero-order chi connectivity index (χ0) is 16.6. The standard InChI is InChI=1S/C15H21F3O3S/c1-10-5-8-13(3)11(21-22(19,20)15(16,17)18)9-12(2)6-4-7-14(10,12)13/h9-10H,4-8H2,1-3H3/t10-,12+,13+,14-/m1/s1. The van der Waals surface area contributed by atoms with Crippen molar-refractivity contribution in [2.75, 3.05) is 0 Å². The summed E-state index contributed by atoms with van der Waals surface area (Å²) in [5.41, 5.74) is -6.49. The first kappa shape index (κ1) is 16.1. The second kappa shape index (κ2) is 4.22. The monoisotopic (exact) mass is 338 g/mol. The molecule has 3 aliphatic rings.